The molecular formula is C11H23NO3. The molecule has 0 heterocycles. The number of carbonyl (C=O) groups is 1. The van der Waals surface area contributed by atoms with Crippen molar-refractivity contribution in [2.75, 3.05) is 39.5 Å². The van der Waals surface area contributed by atoms with Gasteiger partial charge in [0.05, 0.1) is 26.4 Å². The molecule has 0 saturated heterocycles. The second-order valence-corrected chi connectivity index (χ2v) is 3.22. The summed E-state index contributed by atoms with van der Waals surface area (Å²) in [6, 6.07) is 0. The second kappa shape index (κ2) is 11.6. The van der Waals surface area contributed by atoms with Gasteiger partial charge in [-0.3, -0.25) is 4.79 Å². The number of Topliss-reactive ketones (excluding diaryl/α,β-unsaturated/α-hetero) is 1. The summed E-state index contributed by atoms with van der Waals surface area (Å²) >= 11 is 0. The smallest absolute Gasteiger partial charge is 0.134 e. The van der Waals surface area contributed by atoms with Crippen LogP contribution < -0.4 is 5.32 Å². The second-order valence-electron chi connectivity index (χ2n) is 3.22. The maximum atomic E-state index is 10.9. The van der Waals surface area contributed by atoms with Gasteiger partial charge in [-0.15, -0.1) is 0 Å². The summed E-state index contributed by atoms with van der Waals surface area (Å²) in [7, 11) is 0. The maximum Gasteiger partial charge on any atom is 0.134 e. The highest BCUT2D eigenvalue weighted by Gasteiger charge is 1.97. The summed E-state index contributed by atoms with van der Waals surface area (Å²) in [5.41, 5.74) is 0. The van der Waals surface area contributed by atoms with E-state index in [0.29, 0.717) is 39.3 Å². The molecular weight excluding hydrogens is 194 g/mol. The van der Waals surface area contributed by atoms with Gasteiger partial charge in [0, 0.05) is 19.4 Å². The minimum atomic E-state index is 0.253. The van der Waals surface area contributed by atoms with Gasteiger partial charge in [0.25, 0.3) is 0 Å². The van der Waals surface area contributed by atoms with Gasteiger partial charge in [-0.2, -0.15) is 0 Å². The van der Waals surface area contributed by atoms with Crippen LogP contribution in [0.25, 0.3) is 0 Å². The van der Waals surface area contributed by atoms with Crippen LogP contribution in [0.5, 0.6) is 0 Å². The molecule has 90 valence electrons. The van der Waals surface area contributed by atoms with Crippen LogP contribution in [0.2, 0.25) is 0 Å². The number of ketones is 1. The Labute approximate surface area is 92.3 Å². The highest BCUT2D eigenvalue weighted by Crippen LogP contribution is 1.89. The van der Waals surface area contributed by atoms with E-state index in [1.54, 1.807) is 0 Å². The Morgan fingerprint density at radius 2 is 1.73 bits per heavy atom. The van der Waals surface area contributed by atoms with Gasteiger partial charge >= 0.3 is 0 Å². The zero-order valence-corrected chi connectivity index (χ0v) is 9.88. The highest BCUT2D eigenvalue weighted by molar-refractivity contribution is 5.78. The molecule has 0 unspecified atom stereocenters. The lowest BCUT2D eigenvalue weighted by atomic mass is 10.2. The molecule has 0 aromatic heterocycles. The highest BCUT2D eigenvalue weighted by atomic mass is 16.5. The molecule has 0 aromatic rings. The van der Waals surface area contributed by atoms with Crippen LogP contribution in [0.15, 0.2) is 0 Å². The van der Waals surface area contributed by atoms with E-state index in [1.165, 1.54) is 0 Å². The molecule has 0 spiro atoms. The fraction of sp³-hybridized carbons (Fsp3) is 0.909. The van der Waals surface area contributed by atoms with Crippen molar-refractivity contribution < 1.29 is 14.3 Å². The average molecular weight is 217 g/mol. The fourth-order valence-corrected chi connectivity index (χ4v) is 1.01. The van der Waals surface area contributed by atoms with E-state index >= 15 is 0 Å². The first kappa shape index (κ1) is 14.6. The van der Waals surface area contributed by atoms with Crippen molar-refractivity contribution in [2.45, 2.75) is 26.7 Å². The minimum Gasteiger partial charge on any atom is -0.379 e. The molecule has 0 bridgehead atoms. The average Bonchev–Trinajstić information content (AvgIpc) is 2.26. The molecule has 0 fully saturated rings. The third-order valence-electron chi connectivity index (χ3n) is 1.96. The van der Waals surface area contributed by atoms with E-state index in [0.717, 1.165) is 13.1 Å². The van der Waals surface area contributed by atoms with Gasteiger partial charge in [0.15, 0.2) is 0 Å². The molecule has 0 saturated carbocycles. The first-order valence-electron chi connectivity index (χ1n) is 5.69. The quantitative estimate of drug-likeness (QED) is 0.524. The van der Waals surface area contributed by atoms with E-state index < -0.39 is 0 Å². The first-order valence-corrected chi connectivity index (χ1v) is 5.69. The zero-order chi connectivity index (χ0) is 11.4. The molecule has 15 heavy (non-hydrogen) atoms. The molecule has 0 aliphatic rings. The number of nitrogens with one attached hydrogen (secondary N) is 1. The number of rotatable bonds is 11. The number of ether oxygens (including phenoxy) is 2. The van der Waals surface area contributed by atoms with Crippen molar-refractivity contribution in [3.8, 4) is 0 Å². The molecule has 0 radical (unpaired) electrons. The number of carbonyl (C=O) groups excluding carboxylic acids is 1. The minimum absolute atomic E-state index is 0.253. The third kappa shape index (κ3) is 11.5. The molecule has 0 amide bonds. The van der Waals surface area contributed by atoms with Crippen molar-refractivity contribution >= 4 is 5.78 Å². The molecule has 0 rings (SSSR count). The van der Waals surface area contributed by atoms with E-state index in [9.17, 15) is 4.79 Å². The van der Waals surface area contributed by atoms with Crippen molar-refractivity contribution in [3.05, 3.63) is 0 Å². The lowest BCUT2D eigenvalue weighted by Gasteiger charge is -2.05. The van der Waals surface area contributed by atoms with Crippen molar-refractivity contribution in [1.29, 1.82) is 0 Å². The lowest BCUT2D eigenvalue weighted by molar-refractivity contribution is -0.119. The summed E-state index contributed by atoms with van der Waals surface area (Å²) in [5.74, 6) is 0.253. The van der Waals surface area contributed by atoms with Crippen LogP contribution in [0.3, 0.4) is 0 Å². The monoisotopic (exact) mass is 217 g/mol. The first-order chi connectivity index (χ1) is 7.31. The predicted octanol–water partition coefficient (Wildman–Crippen LogP) is 0.998. The summed E-state index contributed by atoms with van der Waals surface area (Å²) in [6.07, 6.45) is 1.12. The number of hydrogen-bond acceptors (Lipinski definition) is 4. The van der Waals surface area contributed by atoms with Gasteiger partial charge in [0.1, 0.15) is 5.78 Å². The van der Waals surface area contributed by atoms with E-state index in [-0.39, 0.29) is 5.78 Å². The van der Waals surface area contributed by atoms with Crippen LogP contribution in [0, 0.1) is 0 Å². The Balaban J connectivity index is 2.95. The molecule has 1 N–H and O–H groups in total. The van der Waals surface area contributed by atoms with Gasteiger partial charge in [-0.1, -0.05) is 13.8 Å². The molecule has 0 aliphatic heterocycles. The van der Waals surface area contributed by atoms with Crippen molar-refractivity contribution in [2.24, 2.45) is 0 Å². The van der Waals surface area contributed by atoms with Gasteiger partial charge in [-0.25, -0.2) is 0 Å². The molecule has 4 heteroatoms. The molecule has 4 nitrogen and oxygen atoms in total. The van der Waals surface area contributed by atoms with E-state index in [2.05, 4.69) is 12.2 Å². The normalized spacial score (nSPS) is 10.5. The van der Waals surface area contributed by atoms with Crippen LogP contribution >= 0.6 is 0 Å². The SMILES string of the molecule is CCNCCOCCOCCC(=O)CC. The zero-order valence-electron chi connectivity index (χ0n) is 9.88. The summed E-state index contributed by atoms with van der Waals surface area (Å²) < 4.78 is 10.5. The summed E-state index contributed by atoms with van der Waals surface area (Å²) in [4.78, 5) is 10.9. The third-order valence-corrected chi connectivity index (χ3v) is 1.96. The van der Waals surface area contributed by atoms with Crippen LogP contribution in [-0.4, -0.2) is 45.3 Å². The van der Waals surface area contributed by atoms with Gasteiger partial charge in [-0.05, 0) is 6.54 Å². The van der Waals surface area contributed by atoms with Gasteiger partial charge in [0.2, 0.25) is 0 Å². The number of likely N-dealkylation sites (N-methyl/N-ethyl adjacent to an activating group) is 1. The van der Waals surface area contributed by atoms with Crippen LogP contribution in [0.4, 0.5) is 0 Å². The largest absolute Gasteiger partial charge is 0.379 e. The van der Waals surface area contributed by atoms with Crippen molar-refractivity contribution in [1.82, 2.24) is 5.32 Å². The molecule has 0 aliphatic carbocycles. The van der Waals surface area contributed by atoms with E-state index in [1.807, 2.05) is 6.92 Å². The Bertz CT molecular complexity index is 151. The Kier molecular flexibility index (Phi) is 11.3. The fourth-order valence-electron chi connectivity index (χ4n) is 1.01. The maximum absolute atomic E-state index is 10.9. The lowest BCUT2D eigenvalue weighted by Crippen LogP contribution is -2.20. The Morgan fingerprint density at radius 1 is 1.07 bits per heavy atom. The Morgan fingerprint density at radius 3 is 2.33 bits per heavy atom. The van der Waals surface area contributed by atoms with Crippen LogP contribution in [0.1, 0.15) is 26.7 Å². The van der Waals surface area contributed by atoms with Crippen molar-refractivity contribution in [3.63, 3.8) is 0 Å². The number of hydrogen-bond donors (Lipinski definition) is 1. The van der Waals surface area contributed by atoms with E-state index in [4.69, 9.17) is 9.47 Å². The van der Waals surface area contributed by atoms with Crippen LogP contribution in [-0.2, 0) is 14.3 Å². The predicted molar refractivity (Wildman–Crippen MR) is 60.1 cm³/mol. The standard InChI is InChI=1S/C11H23NO3/c1-3-11(13)5-7-14-9-10-15-8-6-12-4-2/h12H,3-10H2,1-2H3. The summed E-state index contributed by atoms with van der Waals surface area (Å²) in [5, 5.41) is 3.16. The summed E-state index contributed by atoms with van der Waals surface area (Å²) in [6.45, 7) is 8.19. The molecule has 0 aromatic carbocycles. The topological polar surface area (TPSA) is 47.6 Å². The Hall–Kier alpha value is -0.450. The molecule has 0 atom stereocenters. The van der Waals surface area contributed by atoms with Gasteiger partial charge < -0.3 is 14.8 Å².